The van der Waals surface area contributed by atoms with Crippen molar-refractivity contribution in [2.75, 3.05) is 5.32 Å². The van der Waals surface area contributed by atoms with Crippen LogP contribution in [0.4, 0.5) is 19.0 Å². The zero-order chi connectivity index (χ0) is 12.5. The fraction of sp³-hybridized carbons (Fsp3) is 0.600. The van der Waals surface area contributed by atoms with E-state index in [1.54, 1.807) is 0 Å². The van der Waals surface area contributed by atoms with Gasteiger partial charge in [-0.2, -0.15) is 13.2 Å². The maximum atomic E-state index is 12.2. The van der Waals surface area contributed by atoms with Crippen LogP contribution in [0.5, 0.6) is 0 Å². The first-order valence-corrected chi connectivity index (χ1v) is 5.38. The number of hydrogen-bond acceptors (Lipinski definition) is 4. The Morgan fingerprint density at radius 3 is 2.47 bits per heavy atom. The molecular formula is C10H13F3N4. The highest BCUT2D eigenvalue weighted by molar-refractivity contribution is 5.33. The fourth-order valence-corrected chi connectivity index (χ4v) is 1.91. The molecule has 0 spiro atoms. The second-order valence-corrected chi connectivity index (χ2v) is 4.13. The van der Waals surface area contributed by atoms with Crippen molar-refractivity contribution in [2.45, 2.75) is 37.5 Å². The summed E-state index contributed by atoms with van der Waals surface area (Å²) in [6, 6.07) is 0.0973. The van der Waals surface area contributed by atoms with E-state index in [0.717, 1.165) is 31.7 Å². The number of alkyl halides is 3. The number of hydrogen-bond donors (Lipinski definition) is 2. The van der Waals surface area contributed by atoms with Crippen LogP contribution < -0.4 is 11.1 Å². The summed E-state index contributed by atoms with van der Waals surface area (Å²) in [6.07, 6.45) is 0.217. The third-order valence-electron chi connectivity index (χ3n) is 2.84. The van der Waals surface area contributed by atoms with Crippen molar-refractivity contribution in [3.8, 4) is 0 Å². The van der Waals surface area contributed by atoms with Gasteiger partial charge >= 0.3 is 6.18 Å². The molecule has 94 valence electrons. The van der Waals surface area contributed by atoms with Crippen molar-refractivity contribution < 1.29 is 13.2 Å². The molecule has 1 aromatic rings. The van der Waals surface area contributed by atoms with Gasteiger partial charge in [-0.15, -0.1) is 0 Å². The second-order valence-electron chi connectivity index (χ2n) is 4.13. The van der Waals surface area contributed by atoms with E-state index in [2.05, 4.69) is 15.3 Å². The Bertz CT molecular complexity index is 376. The monoisotopic (exact) mass is 246 g/mol. The summed E-state index contributed by atoms with van der Waals surface area (Å²) in [5.74, 6) is 0.334. The van der Waals surface area contributed by atoms with Crippen LogP contribution in [-0.2, 0) is 6.18 Å². The molecule has 0 saturated heterocycles. The molecule has 1 heterocycles. The van der Waals surface area contributed by atoms with E-state index in [1.807, 2.05) is 0 Å². The molecule has 0 aromatic carbocycles. The molecule has 2 rings (SSSR count). The zero-order valence-corrected chi connectivity index (χ0v) is 9.04. The van der Waals surface area contributed by atoms with Crippen LogP contribution in [0, 0.1) is 0 Å². The van der Waals surface area contributed by atoms with Crippen LogP contribution >= 0.6 is 0 Å². The highest BCUT2D eigenvalue weighted by atomic mass is 19.4. The normalized spacial score (nSPS) is 24.9. The first-order chi connectivity index (χ1) is 7.97. The molecule has 0 radical (unpaired) electrons. The Kier molecular flexibility index (Phi) is 3.19. The lowest BCUT2D eigenvalue weighted by Crippen LogP contribution is -2.35. The standard InChI is InChI=1S/C10H13F3N4/c11-10(12,13)8-4-16-9(5-15-8)17-7-3-1-2-6(7)14/h4-7H,1-3,14H2,(H,16,17)/t6-,7-/m0/s1. The quantitative estimate of drug-likeness (QED) is 0.835. The largest absolute Gasteiger partial charge is 0.434 e. The van der Waals surface area contributed by atoms with Gasteiger partial charge in [0.15, 0.2) is 5.69 Å². The number of aromatic nitrogens is 2. The number of halogens is 3. The Labute approximate surface area is 96.4 Å². The summed E-state index contributed by atoms with van der Waals surface area (Å²) in [5, 5.41) is 3.00. The lowest BCUT2D eigenvalue weighted by atomic mass is 10.2. The van der Waals surface area contributed by atoms with Gasteiger partial charge in [0.05, 0.1) is 12.4 Å². The van der Waals surface area contributed by atoms with Crippen LogP contribution in [0.25, 0.3) is 0 Å². The molecule has 1 fully saturated rings. The van der Waals surface area contributed by atoms with Gasteiger partial charge in [0.2, 0.25) is 0 Å². The molecule has 0 aliphatic heterocycles. The predicted octanol–water partition coefficient (Wildman–Crippen LogP) is 1.79. The van der Waals surface area contributed by atoms with Gasteiger partial charge in [0.1, 0.15) is 5.82 Å². The third-order valence-corrected chi connectivity index (χ3v) is 2.84. The summed E-state index contributed by atoms with van der Waals surface area (Å²) in [7, 11) is 0. The maximum absolute atomic E-state index is 12.2. The van der Waals surface area contributed by atoms with Crippen LogP contribution in [0.15, 0.2) is 12.4 Å². The summed E-state index contributed by atoms with van der Waals surface area (Å²) < 4.78 is 36.7. The van der Waals surface area contributed by atoms with Gasteiger partial charge in [0.25, 0.3) is 0 Å². The minimum atomic E-state index is -4.45. The molecule has 17 heavy (non-hydrogen) atoms. The minimum absolute atomic E-state index is 0.0269. The first kappa shape index (κ1) is 12.1. The van der Waals surface area contributed by atoms with Gasteiger partial charge in [-0.25, -0.2) is 9.97 Å². The molecule has 0 amide bonds. The molecule has 1 aromatic heterocycles. The van der Waals surface area contributed by atoms with Gasteiger partial charge in [0, 0.05) is 12.1 Å². The summed E-state index contributed by atoms with van der Waals surface area (Å²) in [5.41, 5.74) is 4.85. The van der Waals surface area contributed by atoms with Crippen molar-refractivity contribution in [3.05, 3.63) is 18.1 Å². The molecule has 0 bridgehead atoms. The molecule has 3 N–H and O–H groups in total. The zero-order valence-electron chi connectivity index (χ0n) is 9.04. The Morgan fingerprint density at radius 2 is 2.00 bits per heavy atom. The number of nitrogens with one attached hydrogen (secondary N) is 1. The maximum Gasteiger partial charge on any atom is 0.434 e. The molecule has 2 atom stereocenters. The average molecular weight is 246 g/mol. The van der Waals surface area contributed by atoms with Gasteiger partial charge in [-0.3, -0.25) is 0 Å². The van der Waals surface area contributed by atoms with E-state index in [9.17, 15) is 13.2 Å². The number of nitrogens with zero attached hydrogens (tertiary/aromatic N) is 2. The number of rotatable bonds is 2. The van der Waals surface area contributed by atoms with E-state index < -0.39 is 11.9 Å². The number of nitrogens with two attached hydrogens (primary N) is 1. The summed E-state index contributed by atoms with van der Waals surface area (Å²) in [6.45, 7) is 0. The van der Waals surface area contributed by atoms with Crippen molar-refractivity contribution in [1.29, 1.82) is 0 Å². The Hall–Kier alpha value is -1.37. The number of anilines is 1. The third kappa shape index (κ3) is 2.85. The average Bonchev–Trinajstić information content (AvgIpc) is 2.64. The second kappa shape index (κ2) is 4.48. The SMILES string of the molecule is N[C@H]1CCC[C@@H]1Nc1cnc(C(F)(F)F)cn1. The molecular weight excluding hydrogens is 233 g/mol. The van der Waals surface area contributed by atoms with Crippen LogP contribution in [0.3, 0.4) is 0 Å². The first-order valence-electron chi connectivity index (χ1n) is 5.38. The Balaban J connectivity index is 2.03. The molecule has 1 aliphatic carbocycles. The lowest BCUT2D eigenvalue weighted by molar-refractivity contribution is -0.141. The predicted molar refractivity (Wildman–Crippen MR) is 56.3 cm³/mol. The van der Waals surface area contributed by atoms with E-state index in [0.29, 0.717) is 5.82 Å². The van der Waals surface area contributed by atoms with Crippen molar-refractivity contribution in [3.63, 3.8) is 0 Å². The Morgan fingerprint density at radius 1 is 1.24 bits per heavy atom. The molecule has 4 nitrogen and oxygen atoms in total. The van der Waals surface area contributed by atoms with E-state index in [4.69, 9.17) is 5.73 Å². The van der Waals surface area contributed by atoms with Gasteiger partial charge in [-0.1, -0.05) is 0 Å². The smallest absolute Gasteiger partial charge is 0.365 e. The molecule has 0 unspecified atom stereocenters. The molecule has 1 aliphatic rings. The van der Waals surface area contributed by atoms with E-state index >= 15 is 0 Å². The van der Waals surface area contributed by atoms with Gasteiger partial charge in [-0.05, 0) is 19.3 Å². The van der Waals surface area contributed by atoms with Crippen LogP contribution in [0.1, 0.15) is 25.0 Å². The van der Waals surface area contributed by atoms with Crippen molar-refractivity contribution in [1.82, 2.24) is 9.97 Å². The molecule has 1 saturated carbocycles. The lowest BCUT2D eigenvalue weighted by Gasteiger charge is -2.17. The topological polar surface area (TPSA) is 63.8 Å². The van der Waals surface area contributed by atoms with Crippen molar-refractivity contribution >= 4 is 5.82 Å². The van der Waals surface area contributed by atoms with Crippen LogP contribution in [0.2, 0.25) is 0 Å². The summed E-state index contributed by atoms with van der Waals surface area (Å²) >= 11 is 0. The highest BCUT2D eigenvalue weighted by Crippen LogP contribution is 2.27. The highest BCUT2D eigenvalue weighted by Gasteiger charge is 2.33. The molecule has 7 heteroatoms. The van der Waals surface area contributed by atoms with Crippen molar-refractivity contribution in [2.24, 2.45) is 5.73 Å². The van der Waals surface area contributed by atoms with Gasteiger partial charge < -0.3 is 11.1 Å². The minimum Gasteiger partial charge on any atom is -0.365 e. The van der Waals surface area contributed by atoms with E-state index in [1.165, 1.54) is 0 Å². The van der Waals surface area contributed by atoms with E-state index in [-0.39, 0.29) is 12.1 Å². The fourth-order valence-electron chi connectivity index (χ4n) is 1.91. The summed E-state index contributed by atoms with van der Waals surface area (Å²) in [4.78, 5) is 7.02. The van der Waals surface area contributed by atoms with Crippen LogP contribution in [-0.4, -0.2) is 22.1 Å².